The van der Waals surface area contributed by atoms with Gasteiger partial charge in [0.2, 0.25) is 0 Å². The highest BCUT2D eigenvalue weighted by molar-refractivity contribution is 5.57. The minimum atomic E-state index is 1.07. The Balaban J connectivity index is 1.59. The van der Waals surface area contributed by atoms with Crippen molar-refractivity contribution < 1.29 is 0 Å². The van der Waals surface area contributed by atoms with Crippen molar-refractivity contribution in [1.29, 1.82) is 0 Å². The predicted molar refractivity (Wildman–Crippen MR) is 86.4 cm³/mol. The lowest BCUT2D eigenvalue weighted by Gasteiger charge is -2.05. The van der Waals surface area contributed by atoms with Gasteiger partial charge in [0.1, 0.15) is 0 Å². The van der Waals surface area contributed by atoms with Gasteiger partial charge in [0.05, 0.1) is 0 Å². The van der Waals surface area contributed by atoms with Crippen LogP contribution in [0.4, 0.5) is 11.4 Å². The number of benzene rings is 1. The smallest absolute Gasteiger partial charge is 0.0381 e. The topological polar surface area (TPSA) is 24.1 Å². The minimum absolute atomic E-state index is 1.07. The fourth-order valence-electron chi connectivity index (χ4n) is 1.97. The van der Waals surface area contributed by atoms with Crippen LogP contribution in [0.15, 0.2) is 96.4 Å². The van der Waals surface area contributed by atoms with E-state index < -0.39 is 0 Å². The molecule has 2 N–H and O–H groups in total. The van der Waals surface area contributed by atoms with Crippen molar-refractivity contribution in [3.63, 3.8) is 0 Å². The lowest BCUT2D eigenvalue weighted by molar-refractivity contribution is 1.51. The lowest BCUT2D eigenvalue weighted by atomic mass is 10.2. The van der Waals surface area contributed by atoms with Gasteiger partial charge in [-0.3, -0.25) is 0 Å². The van der Waals surface area contributed by atoms with E-state index >= 15 is 0 Å². The number of rotatable bonds is 4. The van der Waals surface area contributed by atoms with Gasteiger partial charge in [0, 0.05) is 23.8 Å². The number of hydrogen-bond acceptors (Lipinski definition) is 2. The molecule has 0 spiro atoms. The molecule has 2 nitrogen and oxygen atoms in total. The van der Waals surface area contributed by atoms with Crippen LogP contribution in [0.1, 0.15) is 0 Å². The second-order valence-electron chi connectivity index (χ2n) is 4.59. The van der Waals surface area contributed by atoms with Gasteiger partial charge in [-0.1, -0.05) is 48.6 Å². The number of nitrogens with one attached hydrogen (secondary N) is 2. The SMILES string of the molecule is C1=CC(=CNc2ccc(NC=C3C=CC=C3)cc2)C=C1. The normalized spacial score (nSPS) is 15.0. The van der Waals surface area contributed by atoms with E-state index in [1.807, 2.05) is 36.7 Å². The molecule has 0 saturated heterocycles. The zero-order valence-electron chi connectivity index (χ0n) is 11.1. The molecular formula is C18H16N2. The number of anilines is 2. The summed E-state index contributed by atoms with van der Waals surface area (Å²) in [5, 5.41) is 6.56. The van der Waals surface area contributed by atoms with E-state index in [0.717, 1.165) is 11.4 Å². The van der Waals surface area contributed by atoms with Crippen LogP contribution in [0.3, 0.4) is 0 Å². The molecule has 2 aliphatic rings. The average molecular weight is 260 g/mol. The molecule has 20 heavy (non-hydrogen) atoms. The van der Waals surface area contributed by atoms with Crippen LogP contribution < -0.4 is 10.6 Å². The van der Waals surface area contributed by atoms with Crippen LogP contribution in [-0.2, 0) is 0 Å². The molecule has 0 unspecified atom stereocenters. The van der Waals surface area contributed by atoms with E-state index in [9.17, 15) is 0 Å². The minimum Gasteiger partial charge on any atom is -0.361 e. The van der Waals surface area contributed by atoms with Gasteiger partial charge >= 0.3 is 0 Å². The third-order valence-electron chi connectivity index (χ3n) is 3.07. The van der Waals surface area contributed by atoms with Crippen molar-refractivity contribution >= 4 is 11.4 Å². The van der Waals surface area contributed by atoms with E-state index in [1.54, 1.807) is 0 Å². The summed E-state index contributed by atoms with van der Waals surface area (Å²) in [5.41, 5.74) is 4.50. The maximum absolute atomic E-state index is 3.28. The Hall–Kier alpha value is -2.74. The van der Waals surface area contributed by atoms with E-state index in [1.165, 1.54) is 11.1 Å². The van der Waals surface area contributed by atoms with E-state index in [2.05, 4.69) is 59.2 Å². The molecule has 0 amide bonds. The first-order valence-corrected chi connectivity index (χ1v) is 6.63. The van der Waals surface area contributed by atoms with Gasteiger partial charge in [0.15, 0.2) is 0 Å². The van der Waals surface area contributed by atoms with Gasteiger partial charge in [-0.2, -0.15) is 0 Å². The summed E-state index contributed by atoms with van der Waals surface area (Å²) in [4.78, 5) is 0. The Kier molecular flexibility index (Phi) is 3.65. The highest BCUT2D eigenvalue weighted by atomic mass is 14.9. The van der Waals surface area contributed by atoms with Gasteiger partial charge < -0.3 is 10.6 Å². The van der Waals surface area contributed by atoms with E-state index in [4.69, 9.17) is 0 Å². The van der Waals surface area contributed by atoms with Gasteiger partial charge in [-0.15, -0.1) is 0 Å². The van der Waals surface area contributed by atoms with Crippen LogP contribution >= 0.6 is 0 Å². The molecule has 2 aliphatic carbocycles. The fraction of sp³-hybridized carbons (Fsp3) is 0. The van der Waals surface area contributed by atoms with Crippen LogP contribution in [-0.4, -0.2) is 0 Å². The van der Waals surface area contributed by atoms with Crippen molar-refractivity contribution in [1.82, 2.24) is 0 Å². The molecular weight excluding hydrogens is 244 g/mol. The van der Waals surface area contributed by atoms with Crippen molar-refractivity contribution in [2.24, 2.45) is 0 Å². The lowest BCUT2D eigenvalue weighted by Crippen LogP contribution is -1.91. The van der Waals surface area contributed by atoms with Crippen molar-refractivity contribution in [2.75, 3.05) is 10.6 Å². The Bertz CT molecular complexity index is 566. The Morgan fingerprint density at radius 1 is 0.550 bits per heavy atom. The molecule has 0 atom stereocenters. The molecule has 2 heteroatoms. The Morgan fingerprint density at radius 2 is 0.900 bits per heavy atom. The monoisotopic (exact) mass is 260 g/mol. The van der Waals surface area contributed by atoms with Gasteiger partial charge in [-0.25, -0.2) is 0 Å². The first-order chi connectivity index (χ1) is 9.90. The number of allylic oxidation sites excluding steroid dienone is 10. The van der Waals surface area contributed by atoms with Gasteiger partial charge in [0.25, 0.3) is 0 Å². The zero-order chi connectivity index (χ0) is 13.6. The van der Waals surface area contributed by atoms with Crippen LogP contribution in [0, 0.1) is 0 Å². The Labute approximate surface area is 119 Å². The summed E-state index contributed by atoms with van der Waals surface area (Å²) in [6.07, 6.45) is 20.4. The largest absolute Gasteiger partial charge is 0.361 e. The molecule has 1 aromatic rings. The van der Waals surface area contributed by atoms with Crippen LogP contribution in [0.5, 0.6) is 0 Å². The van der Waals surface area contributed by atoms with Crippen molar-refractivity contribution in [3.05, 3.63) is 96.4 Å². The van der Waals surface area contributed by atoms with Crippen molar-refractivity contribution in [2.45, 2.75) is 0 Å². The predicted octanol–water partition coefficient (Wildman–Crippen LogP) is 4.53. The van der Waals surface area contributed by atoms with Crippen LogP contribution in [0.2, 0.25) is 0 Å². The highest BCUT2D eigenvalue weighted by Crippen LogP contribution is 2.16. The molecule has 0 aliphatic heterocycles. The zero-order valence-corrected chi connectivity index (χ0v) is 11.1. The highest BCUT2D eigenvalue weighted by Gasteiger charge is 1.95. The maximum Gasteiger partial charge on any atom is 0.0381 e. The molecule has 0 radical (unpaired) electrons. The van der Waals surface area contributed by atoms with E-state index in [0.29, 0.717) is 0 Å². The molecule has 0 bridgehead atoms. The first-order valence-electron chi connectivity index (χ1n) is 6.63. The standard InChI is InChI=1S/C18H16N2/c1-2-6-15(5-1)13-19-17-9-11-18(12-10-17)20-14-16-7-3-4-8-16/h1-14,19-20H. The molecule has 0 saturated carbocycles. The summed E-state index contributed by atoms with van der Waals surface area (Å²) < 4.78 is 0. The molecule has 0 heterocycles. The molecule has 0 fully saturated rings. The summed E-state index contributed by atoms with van der Waals surface area (Å²) in [6.45, 7) is 0. The number of hydrogen-bond donors (Lipinski definition) is 2. The maximum atomic E-state index is 3.28. The third kappa shape index (κ3) is 3.18. The summed E-state index contributed by atoms with van der Waals surface area (Å²) >= 11 is 0. The van der Waals surface area contributed by atoms with Crippen LogP contribution in [0.25, 0.3) is 0 Å². The third-order valence-corrected chi connectivity index (χ3v) is 3.07. The summed E-state index contributed by atoms with van der Waals surface area (Å²) in [5.74, 6) is 0. The first kappa shape index (κ1) is 12.3. The van der Waals surface area contributed by atoms with Gasteiger partial charge in [-0.05, 0) is 35.4 Å². The summed E-state index contributed by atoms with van der Waals surface area (Å²) in [7, 11) is 0. The quantitative estimate of drug-likeness (QED) is 0.831. The molecule has 1 aromatic carbocycles. The fourth-order valence-corrected chi connectivity index (χ4v) is 1.97. The molecule has 3 rings (SSSR count). The van der Waals surface area contributed by atoms with E-state index in [-0.39, 0.29) is 0 Å². The molecule has 0 aromatic heterocycles. The second kappa shape index (κ2) is 5.93. The van der Waals surface area contributed by atoms with Crippen molar-refractivity contribution in [3.8, 4) is 0 Å². The second-order valence-corrected chi connectivity index (χ2v) is 4.59. The summed E-state index contributed by atoms with van der Waals surface area (Å²) in [6, 6.07) is 8.22. The average Bonchev–Trinajstić information content (AvgIpc) is 3.17. The molecule has 98 valence electrons. The Morgan fingerprint density at radius 3 is 1.25 bits per heavy atom.